The molecule has 5 nitrogen and oxygen atoms in total. The van der Waals surface area contributed by atoms with Gasteiger partial charge in [0.25, 0.3) is 0 Å². The summed E-state index contributed by atoms with van der Waals surface area (Å²) >= 11 is 13.8. The van der Waals surface area contributed by atoms with Crippen LogP contribution in [0.2, 0.25) is 10.0 Å². The number of rotatable bonds is 4. The zero-order valence-electron chi connectivity index (χ0n) is 15.5. The van der Waals surface area contributed by atoms with Gasteiger partial charge in [-0.15, -0.1) is 10.2 Å². The molecule has 30 heavy (non-hydrogen) atoms. The van der Waals surface area contributed by atoms with E-state index in [0.717, 1.165) is 26.7 Å². The Balaban J connectivity index is 1.58. The van der Waals surface area contributed by atoms with Crippen molar-refractivity contribution in [3.8, 4) is 5.88 Å². The number of hydrogen-bond donors (Lipinski definition) is 1. The Kier molecular flexibility index (Phi) is 4.90. The lowest BCUT2D eigenvalue weighted by molar-refractivity contribution is 0.429. The van der Waals surface area contributed by atoms with Gasteiger partial charge in [-0.3, -0.25) is 0 Å². The number of thiazole rings is 1. The first kappa shape index (κ1) is 19.1. The predicted octanol–water partition coefficient (Wildman–Crippen LogP) is 7.73. The summed E-state index contributed by atoms with van der Waals surface area (Å²) in [6, 6.07) is 20.8. The Morgan fingerprint density at radius 2 is 1.77 bits per heavy atom. The summed E-state index contributed by atoms with van der Waals surface area (Å²) in [5.41, 5.74) is 2.95. The first-order valence-corrected chi connectivity index (χ1v) is 10.7. The normalized spacial score (nSPS) is 11.8. The molecule has 0 aliphatic heterocycles. The summed E-state index contributed by atoms with van der Waals surface area (Å²) < 4.78 is 2.80. The maximum Gasteiger partial charge on any atom is 0.231 e. The number of nitrogens with zero attached hydrogens (tertiary/aromatic N) is 4. The van der Waals surface area contributed by atoms with Crippen LogP contribution in [0.25, 0.3) is 21.1 Å². The minimum atomic E-state index is 0.0204. The van der Waals surface area contributed by atoms with E-state index in [-0.39, 0.29) is 5.88 Å². The number of aromatic hydroxyl groups is 1. The highest BCUT2D eigenvalue weighted by Crippen LogP contribution is 2.41. The molecule has 0 amide bonds. The molecule has 5 rings (SSSR count). The van der Waals surface area contributed by atoms with Gasteiger partial charge in [-0.2, -0.15) is 0 Å². The average molecular weight is 453 g/mol. The fraction of sp³-hybridized carbons (Fsp3) is 0.0455. The molecule has 2 heterocycles. The van der Waals surface area contributed by atoms with E-state index in [1.54, 1.807) is 16.7 Å². The van der Waals surface area contributed by atoms with Crippen LogP contribution >= 0.6 is 34.5 Å². The second-order valence-electron chi connectivity index (χ2n) is 6.68. The van der Waals surface area contributed by atoms with Crippen LogP contribution in [0.3, 0.4) is 0 Å². The van der Waals surface area contributed by atoms with Crippen LogP contribution in [0.4, 0.5) is 10.8 Å². The SMILES string of the molecule is Oc1c(N=Nc2nc3ccccc3s2)c2ccccc2n1Cc1ccc(Cl)cc1Cl. The fourth-order valence-corrected chi connectivity index (χ4v) is 4.60. The van der Waals surface area contributed by atoms with Crippen molar-refractivity contribution >= 4 is 66.5 Å². The topological polar surface area (TPSA) is 62.8 Å². The molecule has 3 aromatic carbocycles. The Bertz CT molecular complexity index is 1390. The van der Waals surface area contributed by atoms with Gasteiger partial charge in [0.05, 0.1) is 22.3 Å². The molecule has 8 heteroatoms. The number of fused-ring (bicyclic) bond motifs is 2. The number of halogens is 2. The van der Waals surface area contributed by atoms with Crippen molar-refractivity contribution in [3.63, 3.8) is 0 Å². The minimum Gasteiger partial charge on any atom is -0.493 e. The molecule has 5 aromatic rings. The van der Waals surface area contributed by atoms with Gasteiger partial charge in [0.2, 0.25) is 11.0 Å². The van der Waals surface area contributed by atoms with Gasteiger partial charge in [-0.05, 0) is 35.9 Å². The summed E-state index contributed by atoms with van der Waals surface area (Å²) in [5, 5.41) is 22.0. The van der Waals surface area contributed by atoms with E-state index in [2.05, 4.69) is 15.2 Å². The predicted molar refractivity (Wildman–Crippen MR) is 123 cm³/mol. The van der Waals surface area contributed by atoms with Gasteiger partial charge in [-0.1, -0.05) is 70.9 Å². The third-order valence-corrected chi connectivity index (χ3v) is 6.29. The Morgan fingerprint density at radius 1 is 0.967 bits per heavy atom. The second kappa shape index (κ2) is 7.72. The van der Waals surface area contributed by atoms with E-state index in [4.69, 9.17) is 23.2 Å². The van der Waals surface area contributed by atoms with E-state index in [0.29, 0.717) is 27.4 Å². The molecule has 0 fully saturated rings. The zero-order valence-corrected chi connectivity index (χ0v) is 17.8. The van der Waals surface area contributed by atoms with Crippen LogP contribution in [0.5, 0.6) is 5.88 Å². The van der Waals surface area contributed by atoms with Gasteiger partial charge in [0, 0.05) is 15.4 Å². The third kappa shape index (κ3) is 3.43. The van der Waals surface area contributed by atoms with Crippen molar-refractivity contribution in [3.05, 3.63) is 82.3 Å². The summed E-state index contributed by atoms with van der Waals surface area (Å²) in [6.07, 6.45) is 0. The number of azo groups is 1. The summed E-state index contributed by atoms with van der Waals surface area (Å²) in [6.45, 7) is 0.374. The van der Waals surface area contributed by atoms with E-state index < -0.39 is 0 Å². The molecule has 0 unspecified atom stereocenters. The highest BCUT2D eigenvalue weighted by molar-refractivity contribution is 7.21. The van der Waals surface area contributed by atoms with Crippen molar-refractivity contribution in [2.45, 2.75) is 6.54 Å². The first-order valence-electron chi connectivity index (χ1n) is 9.11. The second-order valence-corrected chi connectivity index (χ2v) is 8.53. The number of aromatic nitrogens is 2. The molecule has 1 N–H and O–H groups in total. The van der Waals surface area contributed by atoms with E-state index in [1.165, 1.54) is 11.3 Å². The molecular formula is C22H14Cl2N4OS. The van der Waals surface area contributed by atoms with E-state index in [9.17, 15) is 5.11 Å². The Hall–Kier alpha value is -2.93. The molecule has 0 spiro atoms. The average Bonchev–Trinajstić information content (AvgIpc) is 3.27. The zero-order chi connectivity index (χ0) is 20.7. The standard InChI is InChI=1S/C22H14Cl2N4OS/c23-14-10-9-13(16(24)11-14)12-28-18-7-3-1-5-15(18)20(21(28)29)26-27-22-25-17-6-2-4-8-19(17)30-22/h1-11,29H,12H2. The van der Waals surface area contributed by atoms with Crippen molar-refractivity contribution in [1.82, 2.24) is 9.55 Å². The van der Waals surface area contributed by atoms with Gasteiger partial charge in [-0.25, -0.2) is 4.98 Å². The quantitative estimate of drug-likeness (QED) is 0.283. The lowest BCUT2D eigenvalue weighted by Crippen LogP contribution is -1.99. The molecule has 0 saturated carbocycles. The summed E-state index contributed by atoms with van der Waals surface area (Å²) in [4.78, 5) is 4.47. The molecular weight excluding hydrogens is 439 g/mol. The highest BCUT2D eigenvalue weighted by Gasteiger charge is 2.17. The lowest BCUT2D eigenvalue weighted by Gasteiger charge is -2.09. The van der Waals surface area contributed by atoms with Crippen LogP contribution in [-0.4, -0.2) is 14.7 Å². The van der Waals surface area contributed by atoms with Crippen molar-refractivity contribution < 1.29 is 5.11 Å². The van der Waals surface area contributed by atoms with Crippen LogP contribution in [0.15, 0.2) is 77.0 Å². The highest BCUT2D eigenvalue weighted by atomic mass is 35.5. The van der Waals surface area contributed by atoms with Crippen LogP contribution in [0.1, 0.15) is 5.56 Å². The van der Waals surface area contributed by atoms with Crippen LogP contribution in [0, 0.1) is 0 Å². The molecule has 0 bridgehead atoms. The maximum atomic E-state index is 11.0. The number of benzene rings is 3. The largest absolute Gasteiger partial charge is 0.493 e. The van der Waals surface area contributed by atoms with Crippen LogP contribution < -0.4 is 0 Å². The van der Waals surface area contributed by atoms with E-state index in [1.807, 2.05) is 54.6 Å². The molecule has 0 saturated heterocycles. The molecule has 0 atom stereocenters. The molecule has 0 aliphatic carbocycles. The molecule has 0 radical (unpaired) electrons. The van der Waals surface area contributed by atoms with Gasteiger partial charge in [0.1, 0.15) is 0 Å². The molecule has 0 aliphatic rings. The van der Waals surface area contributed by atoms with E-state index >= 15 is 0 Å². The number of para-hydroxylation sites is 2. The fourth-order valence-electron chi connectivity index (χ4n) is 3.35. The Labute approximate surface area is 185 Å². The minimum absolute atomic E-state index is 0.0204. The van der Waals surface area contributed by atoms with Gasteiger partial charge >= 0.3 is 0 Å². The first-order chi connectivity index (χ1) is 14.6. The molecule has 148 valence electrons. The number of hydrogen-bond acceptors (Lipinski definition) is 5. The molecule has 2 aromatic heterocycles. The lowest BCUT2D eigenvalue weighted by atomic mass is 10.2. The maximum absolute atomic E-state index is 11.0. The van der Waals surface area contributed by atoms with Crippen molar-refractivity contribution in [1.29, 1.82) is 0 Å². The Morgan fingerprint density at radius 3 is 2.60 bits per heavy atom. The van der Waals surface area contributed by atoms with Crippen molar-refractivity contribution in [2.24, 2.45) is 10.2 Å². The van der Waals surface area contributed by atoms with Gasteiger partial charge in [0.15, 0.2) is 5.69 Å². The summed E-state index contributed by atoms with van der Waals surface area (Å²) in [5.74, 6) is 0.0204. The van der Waals surface area contributed by atoms with Crippen LogP contribution in [-0.2, 0) is 6.54 Å². The smallest absolute Gasteiger partial charge is 0.231 e. The summed E-state index contributed by atoms with van der Waals surface area (Å²) in [7, 11) is 0. The van der Waals surface area contributed by atoms with Gasteiger partial charge < -0.3 is 9.67 Å². The third-order valence-electron chi connectivity index (χ3n) is 4.78. The monoisotopic (exact) mass is 452 g/mol. The van der Waals surface area contributed by atoms with Crippen molar-refractivity contribution in [2.75, 3.05) is 0 Å².